The van der Waals surface area contributed by atoms with Crippen LogP contribution in [0.4, 0.5) is 10.1 Å². The van der Waals surface area contributed by atoms with Gasteiger partial charge in [0.15, 0.2) is 0 Å². The minimum absolute atomic E-state index is 0.173. The summed E-state index contributed by atoms with van der Waals surface area (Å²) in [5.41, 5.74) is 0.319. The van der Waals surface area contributed by atoms with E-state index in [9.17, 15) is 19.1 Å². The highest BCUT2D eigenvalue weighted by atomic mass is 19.1. The number of carbonyl (C=O) groups is 2. The number of hydrogen-bond acceptors (Lipinski definition) is 3. The van der Waals surface area contributed by atoms with Gasteiger partial charge in [-0.2, -0.15) is 0 Å². The summed E-state index contributed by atoms with van der Waals surface area (Å²) in [6.07, 6.45) is -0.173. The topological polar surface area (TPSA) is 78.1 Å². The van der Waals surface area contributed by atoms with Gasteiger partial charge in [-0.15, -0.1) is 0 Å². The van der Waals surface area contributed by atoms with E-state index < -0.39 is 23.7 Å². The number of aliphatic carboxylic acids is 1. The van der Waals surface area contributed by atoms with E-state index >= 15 is 0 Å². The Labute approximate surface area is 128 Å². The van der Waals surface area contributed by atoms with E-state index in [1.807, 2.05) is 0 Å². The summed E-state index contributed by atoms with van der Waals surface area (Å²) in [5.74, 6) is -2.12. The SMILES string of the molecule is C[NH+]1CC[NH+]([C@@H](CC(=O)Nc2cccc(F)c2)C(=O)[O-])CC1. The van der Waals surface area contributed by atoms with Gasteiger partial charge in [0.05, 0.1) is 19.4 Å². The van der Waals surface area contributed by atoms with Gasteiger partial charge < -0.3 is 25.0 Å². The number of quaternary nitrogens is 2. The number of rotatable bonds is 5. The first-order valence-electron chi connectivity index (χ1n) is 7.38. The Morgan fingerprint density at radius 3 is 2.59 bits per heavy atom. The zero-order valence-corrected chi connectivity index (χ0v) is 12.5. The van der Waals surface area contributed by atoms with Crippen molar-refractivity contribution < 1.29 is 28.9 Å². The number of hydrogen-bond donors (Lipinski definition) is 3. The average molecular weight is 310 g/mol. The van der Waals surface area contributed by atoms with Crippen LogP contribution in [0.3, 0.4) is 0 Å². The first-order chi connectivity index (χ1) is 10.5. The van der Waals surface area contributed by atoms with Gasteiger partial charge in [-0.1, -0.05) is 6.07 Å². The van der Waals surface area contributed by atoms with Gasteiger partial charge in [0.2, 0.25) is 5.91 Å². The number of carbonyl (C=O) groups excluding carboxylic acids is 2. The molecular weight excluding hydrogens is 289 g/mol. The van der Waals surface area contributed by atoms with Crippen molar-refractivity contribution in [1.29, 1.82) is 0 Å². The lowest BCUT2D eigenvalue weighted by molar-refractivity contribution is -1.01. The van der Waals surface area contributed by atoms with Crippen molar-refractivity contribution in [3.8, 4) is 0 Å². The fourth-order valence-electron chi connectivity index (χ4n) is 2.70. The van der Waals surface area contributed by atoms with Crippen molar-refractivity contribution in [1.82, 2.24) is 0 Å². The van der Waals surface area contributed by atoms with Gasteiger partial charge in [-0.25, -0.2) is 4.39 Å². The molecule has 0 spiro atoms. The normalized spacial score (nSPS) is 22.8. The molecule has 120 valence electrons. The monoisotopic (exact) mass is 310 g/mol. The predicted molar refractivity (Wildman–Crippen MR) is 75.8 cm³/mol. The Balaban J connectivity index is 1.95. The van der Waals surface area contributed by atoms with Gasteiger partial charge in [0, 0.05) is 5.69 Å². The number of anilines is 1. The molecule has 1 heterocycles. The molecule has 1 aliphatic heterocycles. The number of carboxylic acid groups (broad SMARTS) is 1. The molecule has 1 aromatic carbocycles. The molecule has 0 aliphatic carbocycles. The lowest BCUT2D eigenvalue weighted by atomic mass is 10.1. The van der Waals surface area contributed by atoms with Crippen molar-refractivity contribution in [2.24, 2.45) is 0 Å². The van der Waals surface area contributed by atoms with Crippen LogP contribution in [-0.4, -0.2) is 51.1 Å². The molecule has 0 unspecified atom stereocenters. The maximum Gasteiger partial charge on any atom is 0.230 e. The number of benzene rings is 1. The molecular formula is C15H21FN3O3+. The summed E-state index contributed by atoms with van der Waals surface area (Å²) in [7, 11) is 2.06. The van der Waals surface area contributed by atoms with Crippen molar-refractivity contribution in [2.45, 2.75) is 12.5 Å². The van der Waals surface area contributed by atoms with Gasteiger partial charge in [-0.3, -0.25) is 4.79 Å². The molecule has 1 aromatic rings. The van der Waals surface area contributed by atoms with Crippen LogP contribution in [-0.2, 0) is 9.59 Å². The lowest BCUT2D eigenvalue weighted by Crippen LogP contribution is -3.29. The number of likely N-dealkylation sites (N-methyl/N-ethyl adjacent to an activating group) is 1. The smallest absolute Gasteiger partial charge is 0.230 e. The highest BCUT2D eigenvalue weighted by molar-refractivity contribution is 5.93. The highest BCUT2D eigenvalue weighted by Crippen LogP contribution is 2.09. The van der Waals surface area contributed by atoms with Crippen molar-refractivity contribution in [3.63, 3.8) is 0 Å². The molecule has 1 saturated heterocycles. The van der Waals surface area contributed by atoms with Crippen LogP contribution < -0.4 is 20.2 Å². The number of carboxylic acids is 1. The first kappa shape index (κ1) is 16.4. The summed E-state index contributed by atoms with van der Waals surface area (Å²) in [4.78, 5) is 25.6. The molecule has 22 heavy (non-hydrogen) atoms. The summed E-state index contributed by atoms with van der Waals surface area (Å²) in [6, 6.07) is 4.63. The van der Waals surface area contributed by atoms with E-state index in [1.165, 1.54) is 23.1 Å². The molecule has 0 bridgehead atoms. The van der Waals surface area contributed by atoms with Crippen molar-refractivity contribution in [3.05, 3.63) is 30.1 Å². The van der Waals surface area contributed by atoms with Crippen molar-refractivity contribution in [2.75, 3.05) is 38.5 Å². The zero-order chi connectivity index (χ0) is 16.1. The minimum Gasteiger partial charge on any atom is -0.544 e. The summed E-state index contributed by atoms with van der Waals surface area (Å²) in [6.45, 7) is 3.12. The number of nitrogens with one attached hydrogen (secondary N) is 3. The molecule has 3 N–H and O–H groups in total. The quantitative estimate of drug-likeness (QED) is 0.533. The van der Waals surface area contributed by atoms with E-state index in [2.05, 4.69) is 12.4 Å². The molecule has 1 fully saturated rings. The van der Waals surface area contributed by atoms with Crippen LogP contribution >= 0.6 is 0 Å². The summed E-state index contributed by atoms with van der Waals surface area (Å²) >= 11 is 0. The van der Waals surface area contributed by atoms with Crippen molar-refractivity contribution >= 4 is 17.6 Å². The second kappa shape index (κ2) is 7.33. The Bertz CT molecular complexity index is 545. The van der Waals surface area contributed by atoms with Crippen LogP contribution in [0.2, 0.25) is 0 Å². The Hall–Kier alpha value is -1.99. The van der Waals surface area contributed by atoms with E-state index in [0.717, 1.165) is 18.0 Å². The molecule has 1 atom stereocenters. The standard InChI is InChI=1S/C15H20FN3O3/c1-18-5-7-19(8-6-18)13(15(21)22)10-14(20)17-12-4-2-3-11(16)9-12/h2-4,9,13H,5-8,10H2,1H3,(H,17,20)(H,21,22)/p+1/t13-/m0/s1. The van der Waals surface area contributed by atoms with Gasteiger partial charge in [0.25, 0.3) is 0 Å². The fourth-order valence-corrected chi connectivity index (χ4v) is 2.70. The molecule has 1 amide bonds. The van der Waals surface area contributed by atoms with E-state index in [1.54, 1.807) is 6.07 Å². The fraction of sp³-hybridized carbons (Fsp3) is 0.467. The predicted octanol–water partition coefficient (Wildman–Crippen LogP) is -3.31. The Morgan fingerprint density at radius 2 is 2.00 bits per heavy atom. The second-order valence-electron chi connectivity index (χ2n) is 5.75. The van der Waals surface area contributed by atoms with E-state index in [-0.39, 0.29) is 6.42 Å². The largest absolute Gasteiger partial charge is 0.544 e. The third-order valence-corrected chi connectivity index (χ3v) is 4.02. The molecule has 1 aliphatic rings. The van der Waals surface area contributed by atoms with E-state index in [0.29, 0.717) is 18.8 Å². The maximum absolute atomic E-state index is 13.1. The van der Waals surface area contributed by atoms with Gasteiger partial charge >= 0.3 is 0 Å². The minimum atomic E-state index is -1.22. The second-order valence-corrected chi connectivity index (χ2v) is 5.75. The van der Waals surface area contributed by atoms with Gasteiger partial charge in [-0.05, 0) is 18.2 Å². The van der Waals surface area contributed by atoms with E-state index in [4.69, 9.17) is 0 Å². The van der Waals surface area contributed by atoms with Crippen LogP contribution in [0, 0.1) is 5.82 Å². The summed E-state index contributed by atoms with van der Waals surface area (Å²) in [5, 5.41) is 13.9. The van der Waals surface area contributed by atoms with Crippen LogP contribution in [0.25, 0.3) is 0 Å². The Morgan fingerprint density at radius 1 is 1.32 bits per heavy atom. The van der Waals surface area contributed by atoms with Crippen LogP contribution in [0.15, 0.2) is 24.3 Å². The molecule has 2 rings (SSSR count). The maximum atomic E-state index is 13.1. The molecule has 0 saturated carbocycles. The third kappa shape index (κ3) is 4.51. The number of amides is 1. The molecule has 0 aromatic heterocycles. The first-order valence-corrected chi connectivity index (χ1v) is 7.38. The van der Waals surface area contributed by atoms with Crippen LogP contribution in [0.5, 0.6) is 0 Å². The third-order valence-electron chi connectivity index (χ3n) is 4.02. The lowest BCUT2D eigenvalue weighted by Gasteiger charge is -2.33. The number of piperazine rings is 1. The molecule has 0 radical (unpaired) electrons. The zero-order valence-electron chi connectivity index (χ0n) is 12.5. The Kier molecular flexibility index (Phi) is 5.46. The summed E-state index contributed by atoms with van der Waals surface area (Å²) < 4.78 is 13.1. The highest BCUT2D eigenvalue weighted by Gasteiger charge is 2.30. The molecule has 7 heteroatoms. The van der Waals surface area contributed by atoms with Gasteiger partial charge in [0.1, 0.15) is 38.0 Å². The molecule has 6 nitrogen and oxygen atoms in total. The number of halogens is 1. The van der Waals surface area contributed by atoms with Crippen LogP contribution in [0.1, 0.15) is 6.42 Å². The average Bonchev–Trinajstić information content (AvgIpc) is 2.45.